The highest BCUT2D eigenvalue weighted by atomic mass is 19.4. The van der Waals surface area contributed by atoms with E-state index in [1.807, 2.05) is 42.2 Å². The maximum atomic E-state index is 13.4. The molecule has 62 heavy (non-hydrogen) atoms. The van der Waals surface area contributed by atoms with E-state index in [0.29, 0.717) is 50.5 Å². The zero-order chi connectivity index (χ0) is 47.2. The lowest BCUT2D eigenvalue weighted by molar-refractivity contribution is -0.193. The van der Waals surface area contributed by atoms with Gasteiger partial charge in [0, 0.05) is 56.3 Å². The van der Waals surface area contributed by atoms with Crippen LogP contribution in [0.2, 0.25) is 0 Å². The first kappa shape index (κ1) is 51.6. The number of nitrogens with zero attached hydrogens (tertiary/aromatic N) is 3. The van der Waals surface area contributed by atoms with Gasteiger partial charge in [0.25, 0.3) is 11.8 Å². The van der Waals surface area contributed by atoms with Crippen molar-refractivity contribution in [3.05, 3.63) is 71.4 Å². The van der Waals surface area contributed by atoms with E-state index in [4.69, 9.17) is 34.4 Å². The molecule has 0 spiro atoms. The molecule has 17 nitrogen and oxygen atoms in total. The second kappa shape index (κ2) is 21.8. The molecule has 1 aromatic heterocycles. The molecule has 2 fully saturated rings. The number of carbonyl (C=O) groups is 7. The molecule has 0 bridgehead atoms. The fourth-order valence-electron chi connectivity index (χ4n) is 5.62. The summed E-state index contributed by atoms with van der Waals surface area (Å²) in [5, 5.41) is 29.6. The van der Waals surface area contributed by atoms with Crippen molar-refractivity contribution >= 4 is 52.6 Å². The summed E-state index contributed by atoms with van der Waals surface area (Å²) in [4.78, 5) is 85.7. The molecule has 0 radical (unpaired) electrons. The molecule has 0 aliphatic carbocycles. The fraction of sp³-hybridized carbons (Fsp3) is 0.389. The van der Waals surface area contributed by atoms with Crippen molar-refractivity contribution in [2.45, 2.75) is 50.4 Å². The number of fused-ring (bicyclic) bond motifs is 1. The third kappa shape index (κ3) is 14.9. The Bertz CT molecular complexity index is 2010. The maximum absolute atomic E-state index is 13.4. The number of aliphatic carboxylic acids is 3. The smallest absolute Gasteiger partial charge is 0.489 e. The number of halogens is 9. The Balaban J connectivity index is 0.000000519. The molecule has 5 rings (SSSR count). The first-order valence-electron chi connectivity index (χ1n) is 17.5. The van der Waals surface area contributed by atoms with E-state index < -0.39 is 59.8 Å². The van der Waals surface area contributed by atoms with Crippen molar-refractivity contribution in [3.63, 3.8) is 0 Å². The van der Waals surface area contributed by atoms with Crippen molar-refractivity contribution < 1.29 is 93.1 Å². The minimum atomic E-state index is -5.08. The third-order valence-corrected chi connectivity index (χ3v) is 8.44. The Morgan fingerprint density at radius 3 is 1.69 bits per heavy atom. The molecule has 2 aliphatic heterocycles. The number of hydrogen-bond acceptors (Lipinski definition) is 11. The van der Waals surface area contributed by atoms with E-state index in [1.165, 1.54) is 0 Å². The molecule has 0 saturated carbocycles. The van der Waals surface area contributed by atoms with Gasteiger partial charge in [0.2, 0.25) is 11.4 Å². The molecule has 2 aliphatic rings. The minimum Gasteiger partial charge on any atom is -0.489 e. The average Bonchev–Trinajstić information content (AvgIpc) is 3.17. The lowest BCUT2D eigenvalue weighted by Crippen LogP contribution is -2.72. The molecule has 2 aromatic carbocycles. The molecule has 0 atom stereocenters. The molecule has 2 saturated heterocycles. The number of urea groups is 1. The van der Waals surface area contributed by atoms with Gasteiger partial charge in [-0.15, -0.1) is 0 Å². The summed E-state index contributed by atoms with van der Waals surface area (Å²) in [5.41, 5.74) is 1.56. The van der Waals surface area contributed by atoms with E-state index >= 15 is 0 Å². The molecule has 0 unspecified atom stereocenters. The Morgan fingerprint density at radius 1 is 0.774 bits per heavy atom. The quantitative estimate of drug-likeness (QED) is 0.133. The summed E-state index contributed by atoms with van der Waals surface area (Å²) in [5.74, 6) is -9.04. The lowest BCUT2D eigenvalue weighted by Gasteiger charge is -2.46. The number of para-hydroxylation sites is 1. The highest BCUT2D eigenvalue weighted by molar-refractivity contribution is 6.22. The fourth-order valence-corrected chi connectivity index (χ4v) is 5.62. The third-order valence-electron chi connectivity index (χ3n) is 8.44. The van der Waals surface area contributed by atoms with Crippen LogP contribution in [0.4, 0.5) is 44.3 Å². The van der Waals surface area contributed by atoms with Crippen LogP contribution in [0.1, 0.15) is 29.7 Å². The number of hydrogen-bond donors (Lipinski definition) is 6. The van der Waals surface area contributed by atoms with Crippen molar-refractivity contribution in [3.8, 4) is 5.75 Å². The molecule has 5 amide bonds. The summed E-state index contributed by atoms with van der Waals surface area (Å²) in [6.07, 6.45) is -14.1. The first-order valence-corrected chi connectivity index (χ1v) is 17.5. The standard InChI is InChI=1S/C30H34N6O5.3C2HF3O2/c1-20-18-21(24-6-3-4-7-25(24)32-20)19-41-23-11-9-22(10-12-23)30(27(38)33-29(40)34-28(30)39)36-16-14-35(15-17-36)13-5-8-26(37)31-2;3*3-2(4,5)1(6)7/h3-4,6-7,9-12,18H,5,8,13-17,19H2,1-2H3,(H,31,37)(H2,33,34,38,39,40);3*(H,6,7). The Morgan fingerprint density at radius 2 is 1.24 bits per heavy atom. The Labute approximate surface area is 343 Å². The van der Waals surface area contributed by atoms with Gasteiger partial charge in [-0.3, -0.25) is 34.9 Å². The van der Waals surface area contributed by atoms with Gasteiger partial charge in [-0.2, -0.15) is 39.5 Å². The number of imide groups is 2. The number of pyridine rings is 1. The highest BCUT2D eigenvalue weighted by Gasteiger charge is 2.56. The van der Waals surface area contributed by atoms with Crippen molar-refractivity contribution in [1.29, 1.82) is 0 Å². The molecule has 340 valence electrons. The average molecular weight is 901 g/mol. The summed E-state index contributed by atoms with van der Waals surface area (Å²) in [6.45, 7) is 5.10. The van der Waals surface area contributed by atoms with Gasteiger partial charge in [0.15, 0.2) is 0 Å². The van der Waals surface area contributed by atoms with Gasteiger partial charge in [-0.25, -0.2) is 19.2 Å². The van der Waals surface area contributed by atoms with Crippen molar-refractivity contribution in [2.75, 3.05) is 39.8 Å². The summed E-state index contributed by atoms with van der Waals surface area (Å²) < 4.78 is 101. The van der Waals surface area contributed by atoms with E-state index in [1.54, 1.807) is 31.3 Å². The summed E-state index contributed by atoms with van der Waals surface area (Å²) >= 11 is 0. The Hall–Kier alpha value is -6.57. The number of piperazine rings is 1. The second-order valence-corrected chi connectivity index (χ2v) is 12.7. The number of amides is 5. The SMILES string of the molecule is CNC(=O)CCCN1CCN(C2(c3ccc(OCc4cc(C)nc5ccccc45)cc3)C(=O)NC(=O)NC2=O)CC1.O=C(O)C(F)(F)F.O=C(O)C(F)(F)F.O=C(O)C(F)(F)F. The second-order valence-electron chi connectivity index (χ2n) is 12.7. The number of alkyl halides is 9. The molecule has 6 N–H and O–H groups in total. The van der Waals surface area contributed by atoms with Crippen LogP contribution >= 0.6 is 0 Å². The van der Waals surface area contributed by atoms with Crippen molar-refractivity contribution in [2.24, 2.45) is 0 Å². The number of carboxylic acids is 3. The van der Waals surface area contributed by atoms with Gasteiger partial charge in [-0.1, -0.05) is 30.3 Å². The largest absolute Gasteiger partial charge is 0.490 e. The van der Waals surface area contributed by atoms with Crippen LogP contribution < -0.4 is 20.7 Å². The van der Waals surface area contributed by atoms with Crippen LogP contribution in [0.5, 0.6) is 5.75 Å². The summed E-state index contributed by atoms with van der Waals surface area (Å²) in [7, 11) is 1.62. The van der Waals surface area contributed by atoms with Gasteiger partial charge in [0.1, 0.15) is 12.4 Å². The molecular formula is C36H37F9N6O11. The zero-order valence-electron chi connectivity index (χ0n) is 32.2. The number of barbiturate groups is 1. The number of carboxylic acid groups (broad SMARTS) is 3. The number of ether oxygens (including phenoxy) is 1. The van der Waals surface area contributed by atoms with E-state index in [-0.39, 0.29) is 5.91 Å². The van der Waals surface area contributed by atoms with Crippen LogP contribution in [-0.4, -0.2) is 130 Å². The highest BCUT2D eigenvalue weighted by Crippen LogP contribution is 2.34. The van der Waals surface area contributed by atoms with E-state index in [2.05, 4.69) is 25.8 Å². The molecule has 26 heteroatoms. The van der Waals surface area contributed by atoms with Gasteiger partial charge in [0.05, 0.1) is 5.52 Å². The Kier molecular flexibility index (Phi) is 18.1. The monoisotopic (exact) mass is 900 g/mol. The number of rotatable bonds is 9. The minimum absolute atomic E-state index is 0.000489. The lowest BCUT2D eigenvalue weighted by atomic mass is 9.84. The number of aryl methyl sites for hydroxylation is 1. The van der Waals surface area contributed by atoms with Gasteiger partial charge in [-0.05, 0) is 49.7 Å². The maximum Gasteiger partial charge on any atom is 0.490 e. The van der Waals surface area contributed by atoms with E-state index in [0.717, 1.165) is 35.1 Å². The van der Waals surface area contributed by atoms with Crippen LogP contribution in [-0.2, 0) is 40.9 Å². The molecular weight excluding hydrogens is 863 g/mol. The summed E-state index contributed by atoms with van der Waals surface area (Å²) in [6, 6.07) is 15.9. The number of benzene rings is 2. The topological polar surface area (TPSA) is 245 Å². The molecule has 3 heterocycles. The zero-order valence-corrected chi connectivity index (χ0v) is 32.2. The molecule has 3 aromatic rings. The van der Waals surface area contributed by atoms with E-state index in [9.17, 15) is 58.7 Å². The predicted octanol–water partition coefficient (Wildman–Crippen LogP) is 3.73. The van der Waals surface area contributed by atoms with Crippen LogP contribution in [0.3, 0.4) is 0 Å². The van der Waals surface area contributed by atoms with Gasteiger partial charge < -0.3 is 30.3 Å². The predicted molar refractivity (Wildman–Crippen MR) is 193 cm³/mol. The van der Waals surface area contributed by atoms with Crippen LogP contribution in [0.25, 0.3) is 10.9 Å². The first-order chi connectivity index (χ1) is 28.6. The van der Waals surface area contributed by atoms with Crippen LogP contribution in [0, 0.1) is 6.92 Å². The van der Waals surface area contributed by atoms with Crippen LogP contribution in [0.15, 0.2) is 54.6 Å². The number of nitrogens with one attached hydrogen (secondary N) is 3. The number of carbonyl (C=O) groups excluding carboxylic acids is 4. The normalized spacial score (nSPS) is 15.5. The number of aromatic nitrogens is 1. The van der Waals surface area contributed by atoms with Gasteiger partial charge >= 0.3 is 42.5 Å². The van der Waals surface area contributed by atoms with Crippen molar-refractivity contribution in [1.82, 2.24) is 30.7 Å².